The number of hydrogen-bond donors (Lipinski definition) is 2. The van der Waals surface area contributed by atoms with Crippen LogP contribution in [0.2, 0.25) is 0 Å². The van der Waals surface area contributed by atoms with Crippen molar-refractivity contribution in [3.8, 4) is 0 Å². The summed E-state index contributed by atoms with van der Waals surface area (Å²) in [6, 6.07) is 16.9. The van der Waals surface area contributed by atoms with Gasteiger partial charge in [0.15, 0.2) is 0 Å². The zero-order valence-electron chi connectivity index (χ0n) is 11.9. The van der Waals surface area contributed by atoms with Gasteiger partial charge in [-0.3, -0.25) is 11.3 Å². The largest absolute Gasteiger partial charge is 0.271 e. The molecule has 0 amide bonds. The number of nitrogens with one attached hydrogen (secondary N) is 1. The van der Waals surface area contributed by atoms with Crippen molar-refractivity contribution in [2.75, 3.05) is 0 Å². The Bertz CT molecular complexity index is 552. The highest BCUT2D eigenvalue weighted by molar-refractivity contribution is 5.27. The van der Waals surface area contributed by atoms with Crippen LogP contribution in [-0.2, 0) is 11.8 Å². The Hall–Kier alpha value is -1.71. The van der Waals surface area contributed by atoms with Crippen molar-refractivity contribution in [2.24, 2.45) is 5.84 Å². The fraction of sp³-hybridized carbons (Fsp3) is 0.294. The summed E-state index contributed by atoms with van der Waals surface area (Å²) in [6.45, 7) is 4.29. The lowest BCUT2D eigenvalue weighted by Crippen LogP contribution is -2.49. The molecular weight excluding hydrogens is 251 g/mol. The topological polar surface area (TPSA) is 38.0 Å². The van der Waals surface area contributed by atoms with E-state index in [-0.39, 0.29) is 17.3 Å². The molecule has 0 radical (unpaired) electrons. The van der Waals surface area contributed by atoms with Crippen molar-refractivity contribution in [1.29, 1.82) is 0 Å². The van der Waals surface area contributed by atoms with E-state index in [0.29, 0.717) is 6.42 Å². The van der Waals surface area contributed by atoms with E-state index in [9.17, 15) is 4.39 Å². The minimum Gasteiger partial charge on any atom is -0.271 e. The van der Waals surface area contributed by atoms with E-state index in [1.807, 2.05) is 24.3 Å². The fourth-order valence-corrected chi connectivity index (χ4v) is 2.49. The molecule has 0 bridgehead atoms. The maximum absolute atomic E-state index is 13.3. The molecule has 0 saturated heterocycles. The highest BCUT2D eigenvalue weighted by atomic mass is 19.1. The summed E-state index contributed by atoms with van der Waals surface area (Å²) in [5.41, 5.74) is 4.89. The first kappa shape index (κ1) is 14.7. The monoisotopic (exact) mass is 272 g/mol. The quantitative estimate of drug-likeness (QED) is 0.648. The minimum absolute atomic E-state index is 0.0201. The van der Waals surface area contributed by atoms with Gasteiger partial charge in [-0.15, -0.1) is 0 Å². The summed E-state index contributed by atoms with van der Waals surface area (Å²) in [7, 11) is 0. The summed E-state index contributed by atoms with van der Waals surface area (Å²) in [5, 5.41) is 0. The van der Waals surface area contributed by atoms with Crippen molar-refractivity contribution >= 4 is 0 Å². The van der Waals surface area contributed by atoms with Crippen LogP contribution in [0.25, 0.3) is 0 Å². The predicted molar refractivity (Wildman–Crippen MR) is 80.7 cm³/mol. The molecule has 2 aromatic rings. The third-order valence-corrected chi connectivity index (χ3v) is 3.92. The zero-order chi connectivity index (χ0) is 14.6. The lowest BCUT2D eigenvalue weighted by atomic mass is 9.76. The van der Waals surface area contributed by atoms with Crippen molar-refractivity contribution in [3.05, 3.63) is 71.5 Å². The van der Waals surface area contributed by atoms with Crippen LogP contribution in [0.15, 0.2) is 54.6 Å². The first-order valence-electron chi connectivity index (χ1n) is 6.80. The van der Waals surface area contributed by atoms with Gasteiger partial charge in [0.25, 0.3) is 0 Å². The second kappa shape index (κ2) is 6.16. The molecule has 0 spiro atoms. The van der Waals surface area contributed by atoms with E-state index < -0.39 is 0 Å². The molecule has 0 aliphatic heterocycles. The van der Waals surface area contributed by atoms with Gasteiger partial charge in [-0.25, -0.2) is 4.39 Å². The van der Waals surface area contributed by atoms with Gasteiger partial charge in [0.1, 0.15) is 5.82 Å². The molecular formula is C17H21FN2. The van der Waals surface area contributed by atoms with Crippen LogP contribution in [0.1, 0.15) is 25.0 Å². The number of nitrogens with two attached hydrogens (primary N) is 1. The van der Waals surface area contributed by atoms with Crippen molar-refractivity contribution in [1.82, 2.24) is 5.43 Å². The zero-order valence-corrected chi connectivity index (χ0v) is 11.9. The number of halogens is 1. The van der Waals surface area contributed by atoms with Gasteiger partial charge in [-0.2, -0.15) is 0 Å². The number of hydrogen-bond acceptors (Lipinski definition) is 2. The minimum atomic E-state index is -0.212. The summed E-state index contributed by atoms with van der Waals surface area (Å²) < 4.78 is 13.3. The van der Waals surface area contributed by atoms with E-state index in [1.165, 1.54) is 11.6 Å². The van der Waals surface area contributed by atoms with Crippen LogP contribution < -0.4 is 11.3 Å². The second-order valence-corrected chi connectivity index (χ2v) is 5.64. The Morgan fingerprint density at radius 2 is 1.80 bits per heavy atom. The third kappa shape index (κ3) is 3.24. The molecule has 0 saturated carbocycles. The summed E-state index contributed by atoms with van der Waals surface area (Å²) in [4.78, 5) is 0. The van der Waals surface area contributed by atoms with Gasteiger partial charge < -0.3 is 0 Å². The molecule has 0 heterocycles. The molecule has 2 aromatic carbocycles. The van der Waals surface area contributed by atoms with E-state index >= 15 is 0 Å². The van der Waals surface area contributed by atoms with Crippen LogP contribution in [0.4, 0.5) is 4.39 Å². The Labute approximate surface area is 119 Å². The van der Waals surface area contributed by atoms with Gasteiger partial charge in [-0.05, 0) is 29.7 Å². The van der Waals surface area contributed by atoms with Gasteiger partial charge in [0.05, 0.1) is 0 Å². The lowest BCUT2D eigenvalue weighted by Gasteiger charge is -2.34. The molecule has 106 valence electrons. The highest BCUT2D eigenvalue weighted by Gasteiger charge is 2.30. The molecule has 1 unspecified atom stereocenters. The molecule has 1 atom stereocenters. The molecule has 2 rings (SSSR count). The van der Waals surface area contributed by atoms with Crippen molar-refractivity contribution in [2.45, 2.75) is 31.7 Å². The highest BCUT2D eigenvalue weighted by Crippen LogP contribution is 2.28. The summed E-state index contributed by atoms with van der Waals surface area (Å²) >= 11 is 0. The Morgan fingerprint density at radius 3 is 2.40 bits per heavy atom. The predicted octanol–water partition coefficient (Wildman–Crippen LogP) is 3.18. The first-order valence-corrected chi connectivity index (χ1v) is 6.80. The average Bonchev–Trinajstić information content (AvgIpc) is 2.45. The lowest BCUT2D eigenvalue weighted by molar-refractivity contribution is 0.341. The van der Waals surface area contributed by atoms with Crippen LogP contribution in [0.5, 0.6) is 0 Å². The van der Waals surface area contributed by atoms with Crippen LogP contribution >= 0.6 is 0 Å². The second-order valence-electron chi connectivity index (χ2n) is 5.64. The normalized spacial score (nSPS) is 13.2. The Morgan fingerprint density at radius 1 is 1.10 bits per heavy atom. The van der Waals surface area contributed by atoms with Crippen molar-refractivity contribution < 1.29 is 4.39 Å². The number of hydrazine groups is 1. The van der Waals surface area contributed by atoms with Gasteiger partial charge in [-0.1, -0.05) is 56.3 Å². The SMILES string of the molecule is CC(C)(c1ccccc1)C(Cc1cccc(F)c1)NN. The molecule has 3 N–H and O–H groups in total. The molecule has 20 heavy (non-hydrogen) atoms. The van der Waals surface area contributed by atoms with Gasteiger partial charge in [0, 0.05) is 11.5 Å². The molecule has 0 aromatic heterocycles. The molecule has 0 aliphatic carbocycles. The summed E-state index contributed by atoms with van der Waals surface area (Å²) in [5.74, 6) is 5.53. The van der Waals surface area contributed by atoms with Gasteiger partial charge >= 0.3 is 0 Å². The Kier molecular flexibility index (Phi) is 4.53. The Balaban J connectivity index is 2.23. The number of benzene rings is 2. The molecule has 3 heteroatoms. The maximum Gasteiger partial charge on any atom is 0.123 e. The average molecular weight is 272 g/mol. The summed E-state index contributed by atoms with van der Waals surface area (Å²) in [6.07, 6.45) is 0.677. The molecule has 2 nitrogen and oxygen atoms in total. The van der Waals surface area contributed by atoms with E-state index in [0.717, 1.165) is 5.56 Å². The third-order valence-electron chi connectivity index (χ3n) is 3.92. The van der Waals surface area contributed by atoms with Crippen molar-refractivity contribution in [3.63, 3.8) is 0 Å². The first-order chi connectivity index (χ1) is 9.54. The number of rotatable bonds is 5. The van der Waals surface area contributed by atoms with Crippen LogP contribution in [0, 0.1) is 5.82 Å². The van der Waals surface area contributed by atoms with Gasteiger partial charge in [0.2, 0.25) is 0 Å². The maximum atomic E-state index is 13.3. The van der Waals surface area contributed by atoms with Crippen LogP contribution in [-0.4, -0.2) is 6.04 Å². The van der Waals surface area contributed by atoms with Crippen LogP contribution in [0.3, 0.4) is 0 Å². The van der Waals surface area contributed by atoms with E-state index in [4.69, 9.17) is 5.84 Å². The molecule has 0 aliphatic rings. The standard InChI is InChI=1S/C17H21FN2/c1-17(2,14-8-4-3-5-9-14)16(20-19)12-13-7-6-10-15(18)11-13/h3-11,16,20H,12,19H2,1-2H3. The fourth-order valence-electron chi connectivity index (χ4n) is 2.49. The smallest absolute Gasteiger partial charge is 0.123 e. The molecule has 0 fully saturated rings. The van der Waals surface area contributed by atoms with E-state index in [1.54, 1.807) is 12.1 Å². The van der Waals surface area contributed by atoms with E-state index in [2.05, 4.69) is 31.4 Å².